The van der Waals surface area contributed by atoms with Gasteiger partial charge in [0.15, 0.2) is 12.4 Å². The predicted molar refractivity (Wildman–Crippen MR) is 94.4 cm³/mol. The third kappa shape index (κ3) is 4.51. The van der Waals surface area contributed by atoms with Gasteiger partial charge in [-0.1, -0.05) is 46.4 Å². The summed E-state index contributed by atoms with van der Waals surface area (Å²) >= 11 is 23.6. The zero-order valence-corrected chi connectivity index (χ0v) is 15.2. The smallest absolute Gasteiger partial charge is 0.340 e. The number of esters is 1. The van der Waals surface area contributed by atoms with Crippen LogP contribution in [0.4, 0.5) is 5.82 Å². The quantitative estimate of drug-likeness (QED) is 0.739. The van der Waals surface area contributed by atoms with Gasteiger partial charge in [0.2, 0.25) is 0 Å². The van der Waals surface area contributed by atoms with Crippen molar-refractivity contribution in [2.45, 2.75) is 6.92 Å². The van der Waals surface area contributed by atoms with Crippen LogP contribution in [0.1, 0.15) is 15.9 Å². The van der Waals surface area contributed by atoms with Crippen LogP contribution in [0.2, 0.25) is 20.1 Å². The van der Waals surface area contributed by atoms with Gasteiger partial charge in [0.05, 0.1) is 20.6 Å². The van der Waals surface area contributed by atoms with Gasteiger partial charge < -0.3 is 10.1 Å². The third-order valence-electron chi connectivity index (χ3n) is 2.94. The number of carbonyl (C=O) groups excluding carboxylic acids is 2. The average molecular weight is 408 g/mol. The molecule has 1 amide bonds. The maximum absolute atomic E-state index is 11.9. The minimum Gasteiger partial charge on any atom is -0.452 e. The SMILES string of the molecule is Cc1c(Cl)cnc(NC(=O)COC(=O)c2cc(Cl)ccc2Cl)c1Cl. The van der Waals surface area contributed by atoms with Crippen molar-refractivity contribution >= 4 is 64.1 Å². The van der Waals surface area contributed by atoms with Crippen molar-refractivity contribution in [2.75, 3.05) is 11.9 Å². The lowest BCUT2D eigenvalue weighted by molar-refractivity contribution is -0.119. The van der Waals surface area contributed by atoms with Gasteiger partial charge in [-0.15, -0.1) is 0 Å². The first-order valence-electron chi connectivity index (χ1n) is 6.52. The molecule has 0 aliphatic rings. The van der Waals surface area contributed by atoms with Crippen molar-refractivity contribution in [3.63, 3.8) is 0 Å². The average Bonchev–Trinajstić information content (AvgIpc) is 2.55. The van der Waals surface area contributed by atoms with Crippen LogP contribution in [0.25, 0.3) is 0 Å². The van der Waals surface area contributed by atoms with E-state index in [0.717, 1.165) is 0 Å². The molecule has 0 unspecified atom stereocenters. The zero-order valence-electron chi connectivity index (χ0n) is 12.2. The van der Waals surface area contributed by atoms with Crippen LogP contribution in [0, 0.1) is 6.92 Å². The van der Waals surface area contributed by atoms with Crippen molar-refractivity contribution < 1.29 is 14.3 Å². The molecular formula is C15H10Cl4N2O3. The van der Waals surface area contributed by atoms with Crippen LogP contribution in [0.3, 0.4) is 0 Å². The summed E-state index contributed by atoms with van der Waals surface area (Å²) in [5.74, 6) is -1.26. The number of nitrogens with one attached hydrogen (secondary N) is 1. The zero-order chi connectivity index (χ0) is 17.9. The van der Waals surface area contributed by atoms with Gasteiger partial charge in [0.1, 0.15) is 0 Å². The van der Waals surface area contributed by atoms with E-state index < -0.39 is 18.5 Å². The first-order valence-corrected chi connectivity index (χ1v) is 8.03. The van der Waals surface area contributed by atoms with Gasteiger partial charge >= 0.3 is 5.97 Å². The summed E-state index contributed by atoms with van der Waals surface area (Å²) in [5, 5.41) is 3.51. The molecule has 2 aromatic rings. The largest absolute Gasteiger partial charge is 0.452 e. The number of rotatable bonds is 4. The molecule has 0 atom stereocenters. The number of ether oxygens (including phenoxy) is 1. The molecule has 0 bridgehead atoms. The van der Waals surface area contributed by atoms with Crippen LogP contribution in [-0.4, -0.2) is 23.5 Å². The minimum absolute atomic E-state index is 0.0652. The third-order valence-corrected chi connectivity index (χ3v) is 4.35. The van der Waals surface area contributed by atoms with Gasteiger partial charge in [-0.05, 0) is 30.7 Å². The molecule has 1 aromatic carbocycles. The topological polar surface area (TPSA) is 68.3 Å². The molecule has 0 saturated carbocycles. The van der Waals surface area contributed by atoms with E-state index in [1.807, 2.05) is 0 Å². The van der Waals surface area contributed by atoms with Crippen LogP contribution >= 0.6 is 46.4 Å². The lowest BCUT2D eigenvalue weighted by Crippen LogP contribution is -2.22. The molecule has 0 saturated heterocycles. The highest BCUT2D eigenvalue weighted by atomic mass is 35.5. The molecule has 9 heteroatoms. The molecule has 0 aliphatic carbocycles. The van der Waals surface area contributed by atoms with Crippen LogP contribution < -0.4 is 5.32 Å². The van der Waals surface area contributed by atoms with Crippen molar-refractivity contribution in [2.24, 2.45) is 0 Å². The predicted octanol–water partition coefficient (Wildman–Crippen LogP) is 4.80. The second kappa shape index (κ2) is 8.03. The maximum Gasteiger partial charge on any atom is 0.340 e. The highest BCUT2D eigenvalue weighted by Crippen LogP contribution is 2.28. The van der Waals surface area contributed by atoms with E-state index in [-0.39, 0.29) is 21.4 Å². The molecule has 0 aliphatic heterocycles. The van der Waals surface area contributed by atoms with E-state index in [1.165, 1.54) is 24.4 Å². The fraction of sp³-hybridized carbons (Fsp3) is 0.133. The molecule has 0 fully saturated rings. The lowest BCUT2D eigenvalue weighted by Gasteiger charge is -2.10. The Labute approximate surface area is 157 Å². The van der Waals surface area contributed by atoms with E-state index in [4.69, 9.17) is 51.1 Å². The normalized spacial score (nSPS) is 10.4. The molecule has 1 aromatic heterocycles. The molecule has 0 radical (unpaired) electrons. The molecule has 5 nitrogen and oxygen atoms in total. The van der Waals surface area contributed by atoms with Gasteiger partial charge in [-0.3, -0.25) is 4.79 Å². The molecule has 2 rings (SSSR count). The van der Waals surface area contributed by atoms with Crippen LogP contribution in [0.5, 0.6) is 0 Å². The number of hydrogen-bond acceptors (Lipinski definition) is 4. The monoisotopic (exact) mass is 406 g/mol. The highest BCUT2D eigenvalue weighted by Gasteiger charge is 2.16. The Kier molecular flexibility index (Phi) is 6.29. The van der Waals surface area contributed by atoms with E-state index in [1.54, 1.807) is 6.92 Å². The summed E-state index contributed by atoms with van der Waals surface area (Å²) in [6.45, 7) is 1.14. The Balaban J connectivity index is 2.00. The van der Waals surface area contributed by atoms with Crippen LogP contribution in [0.15, 0.2) is 24.4 Å². The number of aromatic nitrogens is 1. The second-order valence-electron chi connectivity index (χ2n) is 4.64. The highest BCUT2D eigenvalue weighted by molar-refractivity contribution is 6.37. The molecule has 0 spiro atoms. The first-order chi connectivity index (χ1) is 11.3. The van der Waals surface area contributed by atoms with Crippen molar-refractivity contribution in [3.05, 3.63) is 55.6 Å². The van der Waals surface area contributed by atoms with Crippen molar-refractivity contribution in [3.8, 4) is 0 Å². The van der Waals surface area contributed by atoms with Gasteiger partial charge in [0.25, 0.3) is 5.91 Å². The number of hydrogen-bond donors (Lipinski definition) is 1. The summed E-state index contributed by atoms with van der Waals surface area (Å²) in [6, 6.07) is 4.34. The molecule has 24 heavy (non-hydrogen) atoms. The fourth-order valence-corrected chi connectivity index (χ4v) is 2.43. The standard InChI is InChI=1S/C15H10Cl4N2O3/c1-7-11(18)5-20-14(13(7)19)21-12(22)6-24-15(23)9-4-8(16)2-3-10(9)17/h2-5H,6H2,1H3,(H,20,21,22). The van der Waals surface area contributed by atoms with Gasteiger partial charge in [-0.25, -0.2) is 9.78 Å². The minimum atomic E-state index is -0.774. The molecular weight excluding hydrogens is 398 g/mol. The van der Waals surface area contributed by atoms with E-state index in [9.17, 15) is 9.59 Å². The Morgan fingerprint density at radius 1 is 1.17 bits per heavy atom. The Morgan fingerprint density at radius 2 is 1.88 bits per heavy atom. The summed E-state index contributed by atoms with van der Waals surface area (Å²) in [5.41, 5.74) is 0.641. The Hall–Kier alpha value is -1.53. The number of nitrogens with zero attached hydrogens (tertiary/aromatic N) is 1. The lowest BCUT2D eigenvalue weighted by atomic mass is 10.2. The maximum atomic E-state index is 11.9. The van der Waals surface area contributed by atoms with E-state index in [0.29, 0.717) is 15.6 Å². The van der Waals surface area contributed by atoms with Crippen molar-refractivity contribution in [1.82, 2.24) is 4.98 Å². The Bertz CT molecular complexity index is 812. The number of carbonyl (C=O) groups is 2. The van der Waals surface area contributed by atoms with E-state index >= 15 is 0 Å². The summed E-state index contributed by atoms with van der Waals surface area (Å²) in [4.78, 5) is 27.7. The Morgan fingerprint density at radius 3 is 2.58 bits per heavy atom. The summed E-state index contributed by atoms with van der Waals surface area (Å²) in [7, 11) is 0. The summed E-state index contributed by atoms with van der Waals surface area (Å²) < 4.78 is 4.90. The number of anilines is 1. The number of amides is 1. The fourth-order valence-electron chi connectivity index (χ4n) is 1.68. The number of benzene rings is 1. The van der Waals surface area contributed by atoms with E-state index in [2.05, 4.69) is 10.3 Å². The number of halogens is 4. The first kappa shape index (κ1) is 18.8. The molecule has 126 valence electrons. The van der Waals surface area contributed by atoms with Crippen LogP contribution in [-0.2, 0) is 9.53 Å². The van der Waals surface area contributed by atoms with Gasteiger partial charge in [0, 0.05) is 11.2 Å². The van der Waals surface area contributed by atoms with Gasteiger partial charge in [-0.2, -0.15) is 0 Å². The second-order valence-corrected chi connectivity index (χ2v) is 6.27. The number of pyridine rings is 1. The summed E-state index contributed by atoms with van der Waals surface area (Å²) in [6.07, 6.45) is 1.36. The molecule has 1 N–H and O–H groups in total. The molecule has 1 heterocycles. The van der Waals surface area contributed by atoms with Crippen molar-refractivity contribution in [1.29, 1.82) is 0 Å².